The summed E-state index contributed by atoms with van der Waals surface area (Å²) >= 11 is 1.65. The van der Waals surface area contributed by atoms with E-state index in [1.807, 2.05) is 52.0 Å². The van der Waals surface area contributed by atoms with Crippen LogP contribution in [0.4, 0.5) is 5.69 Å². The number of amides is 3. The lowest BCUT2D eigenvalue weighted by Crippen LogP contribution is -2.60. The molecule has 4 rings (SSSR count). The first kappa shape index (κ1) is 34.1. The third-order valence-electron chi connectivity index (χ3n) is 9.49. The molecule has 3 amide bonds. The second-order valence-corrected chi connectivity index (χ2v) is 15.9. The van der Waals surface area contributed by atoms with Crippen molar-refractivity contribution in [2.75, 3.05) is 31.2 Å². The van der Waals surface area contributed by atoms with E-state index in [-0.39, 0.29) is 36.8 Å². The number of benzene rings is 1. The van der Waals surface area contributed by atoms with Crippen molar-refractivity contribution < 1.29 is 24.2 Å². The number of rotatable bonds is 13. The Morgan fingerprint density at radius 1 is 1.14 bits per heavy atom. The molecule has 6 atom stereocenters. The maximum atomic E-state index is 14.8. The number of aliphatic hydroxyl groups is 1. The molecule has 1 aromatic carbocycles. The molecule has 44 heavy (non-hydrogen) atoms. The predicted octanol–water partition coefficient (Wildman–Crippen LogP) is 5.31. The van der Waals surface area contributed by atoms with E-state index in [0.29, 0.717) is 38.1 Å². The third kappa shape index (κ3) is 5.82. The largest absolute Gasteiger partial charge is 0.494 e. The quantitative estimate of drug-likeness (QED) is 0.299. The zero-order valence-corrected chi connectivity index (χ0v) is 28.4. The molecular formula is C35H51N3O5S. The van der Waals surface area contributed by atoms with Crippen LogP contribution in [0.1, 0.15) is 67.7 Å². The molecule has 3 heterocycles. The van der Waals surface area contributed by atoms with Gasteiger partial charge >= 0.3 is 0 Å². The first-order chi connectivity index (χ1) is 20.7. The van der Waals surface area contributed by atoms with E-state index < -0.39 is 39.0 Å². The summed E-state index contributed by atoms with van der Waals surface area (Å²) in [5.74, 6) is -0.891. The van der Waals surface area contributed by atoms with Crippen LogP contribution in [0.2, 0.25) is 0 Å². The first-order valence-electron chi connectivity index (χ1n) is 15.9. The summed E-state index contributed by atoms with van der Waals surface area (Å²) < 4.78 is 4.31. The third-order valence-corrected chi connectivity index (χ3v) is 11.5. The van der Waals surface area contributed by atoms with Crippen molar-refractivity contribution in [2.45, 2.75) is 94.8 Å². The second kappa shape index (κ2) is 12.9. The van der Waals surface area contributed by atoms with E-state index in [9.17, 15) is 19.5 Å². The summed E-state index contributed by atoms with van der Waals surface area (Å²) in [5.41, 5.74) is 0.188. The van der Waals surface area contributed by atoms with E-state index in [1.54, 1.807) is 38.6 Å². The Bertz CT molecular complexity index is 1260. The minimum atomic E-state index is -0.793. The number of anilines is 1. The molecule has 2 bridgehead atoms. The molecule has 3 aliphatic rings. The highest BCUT2D eigenvalue weighted by Gasteiger charge is 2.78. The molecule has 1 N–H and O–H groups in total. The number of carbonyl (C=O) groups is 3. The van der Waals surface area contributed by atoms with Crippen molar-refractivity contribution in [3.8, 4) is 5.75 Å². The number of thioether (sulfide) groups is 1. The zero-order valence-electron chi connectivity index (χ0n) is 27.5. The van der Waals surface area contributed by atoms with E-state index in [0.717, 1.165) is 5.75 Å². The molecule has 3 saturated heterocycles. The minimum absolute atomic E-state index is 0.139. The van der Waals surface area contributed by atoms with Gasteiger partial charge in [0.1, 0.15) is 11.8 Å². The maximum absolute atomic E-state index is 14.8. The predicted molar refractivity (Wildman–Crippen MR) is 178 cm³/mol. The molecule has 8 nitrogen and oxygen atoms in total. The Hall–Kier alpha value is -2.78. The van der Waals surface area contributed by atoms with Crippen LogP contribution in [0, 0.1) is 17.8 Å². The highest BCUT2D eigenvalue weighted by molar-refractivity contribution is 8.02. The van der Waals surface area contributed by atoms with Crippen LogP contribution in [0.3, 0.4) is 0 Å². The van der Waals surface area contributed by atoms with Gasteiger partial charge in [-0.2, -0.15) is 0 Å². The highest BCUT2D eigenvalue weighted by Crippen LogP contribution is 2.72. The summed E-state index contributed by atoms with van der Waals surface area (Å²) in [6.07, 6.45) is 5.33. The van der Waals surface area contributed by atoms with Crippen LogP contribution in [0.5, 0.6) is 5.75 Å². The molecular weight excluding hydrogens is 574 g/mol. The molecule has 0 radical (unpaired) electrons. The van der Waals surface area contributed by atoms with Gasteiger partial charge in [-0.05, 0) is 84.1 Å². The van der Waals surface area contributed by atoms with Crippen molar-refractivity contribution in [3.05, 3.63) is 49.6 Å². The Kier molecular flexibility index (Phi) is 10.0. The van der Waals surface area contributed by atoms with Crippen LogP contribution in [0.15, 0.2) is 49.6 Å². The van der Waals surface area contributed by atoms with Gasteiger partial charge in [-0.15, -0.1) is 24.9 Å². The number of aliphatic hydroxyl groups excluding tert-OH is 1. The summed E-state index contributed by atoms with van der Waals surface area (Å²) in [6, 6.07) is 6.09. The van der Waals surface area contributed by atoms with Crippen LogP contribution in [-0.4, -0.2) is 86.0 Å². The van der Waals surface area contributed by atoms with Crippen molar-refractivity contribution in [1.29, 1.82) is 0 Å². The number of nitrogens with zero attached hydrogens (tertiary/aromatic N) is 3. The van der Waals surface area contributed by atoms with Gasteiger partial charge in [0.2, 0.25) is 17.7 Å². The Morgan fingerprint density at radius 3 is 2.30 bits per heavy atom. The molecule has 3 fully saturated rings. The van der Waals surface area contributed by atoms with Crippen molar-refractivity contribution in [2.24, 2.45) is 17.8 Å². The maximum Gasteiger partial charge on any atom is 0.247 e. The monoisotopic (exact) mass is 625 g/mol. The van der Waals surface area contributed by atoms with Crippen LogP contribution in [0.25, 0.3) is 0 Å². The van der Waals surface area contributed by atoms with Crippen molar-refractivity contribution in [1.82, 2.24) is 9.80 Å². The Labute approximate surface area is 267 Å². The molecule has 0 saturated carbocycles. The first-order valence-corrected chi connectivity index (χ1v) is 16.7. The van der Waals surface area contributed by atoms with E-state index >= 15 is 0 Å². The lowest BCUT2D eigenvalue weighted by Gasteiger charge is -2.44. The fourth-order valence-electron chi connectivity index (χ4n) is 7.71. The summed E-state index contributed by atoms with van der Waals surface area (Å²) in [5, 5.41) is 10.6. The molecule has 3 aliphatic heterocycles. The second-order valence-electron chi connectivity index (χ2n) is 14.0. The number of carbonyl (C=O) groups excluding carboxylic acids is 3. The highest BCUT2D eigenvalue weighted by atomic mass is 32.2. The van der Waals surface area contributed by atoms with Crippen LogP contribution < -0.4 is 9.64 Å². The van der Waals surface area contributed by atoms with Gasteiger partial charge in [-0.25, -0.2) is 0 Å². The Morgan fingerprint density at radius 2 is 1.77 bits per heavy atom. The van der Waals surface area contributed by atoms with E-state index in [2.05, 4.69) is 33.9 Å². The zero-order chi connectivity index (χ0) is 32.6. The smallest absolute Gasteiger partial charge is 0.247 e. The van der Waals surface area contributed by atoms with Gasteiger partial charge in [0.05, 0.1) is 35.8 Å². The number of hydrogen-bond donors (Lipinski definition) is 1. The van der Waals surface area contributed by atoms with Crippen molar-refractivity contribution in [3.63, 3.8) is 0 Å². The molecule has 9 heteroatoms. The molecule has 0 aromatic heterocycles. The normalized spacial score (nSPS) is 28.2. The minimum Gasteiger partial charge on any atom is -0.494 e. The van der Waals surface area contributed by atoms with Crippen LogP contribution >= 0.6 is 11.8 Å². The average molecular weight is 626 g/mol. The van der Waals surface area contributed by atoms with Gasteiger partial charge < -0.3 is 24.5 Å². The molecule has 0 aliphatic carbocycles. The van der Waals surface area contributed by atoms with Gasteiger partial charge in [0.25, 0.3) is 0 Å². The molecule has 242 valence electrons. The summed E-state index contributed by atoms with van der Waals surface area (Å²) in [6.45, 7) is 22.8. The van der Waals surface area contributed by atoms with Gasteiger partial charge in [0.15, 0.2) is 0 Å². The number of ether oxygens (including phenoxy) is 1. The molecule has 2 unspecified atom stereocenters. The van der Waals surface area contributed by atoms with Gasteiger partial charge in [-0.3, -0.25) is 14.4 Å². The molecule has 1 spiro atoms. The summed E-state index contributed by atoms with van der Waals surface area (Å²) in [4.78, 5) is 49.5. The van der Waals surface area contributed by atoms with Crippen LogP contribution in [-0.2, 0) is 14.4 Å². The fraction of sp³-hybridized carbons (Fsp3) is 0.629. The lowest BCUT2D eigenvalue weighted by atomic mass is 9.66. The molecule has 1 aromatic rings. The Balaban J connectivity index is 1.84. The van der Waals surface area contributed by atoms with Gasteiger partial charge in [-0.1, -0.05) is 26.0 Å². The number of likely N-dealkylation sites (tertiary alicyclic amines) is 1. The van der Waals surface area contributed by atoms with E-state index in [4.69, 9.17) is 4.74 Å². The fourth-order valence-corrected chi connectivity index (χ4v) is 10.0. The lowest BCUT2D eigenvalue weighted by molar-refractivity contribution is -0.148. The topological polar surface area (TPSA) is 90.4 Å². The van der Waals surface area contributed by atoms with Gasteiger partial charge in [0, 0.05) is 29.1 Å². The van der Waals surface area contributed by atoms with E-state index in [1.165, 1.54) is 0 Å². The number of fused-ring (bicyclic) bond motifs is 1. The standard InChI is InChI=1S/C35H51N3O5S/c1-10-19-36(24-13-15-26(16-14-24)43-12-3)30(40)27-28-31(41)38(25(22-39)21-23(4)5)29(35(28)18-17-34(27,9)44-35)32(42)37(20-11-2)33(6,7)8/h10-11,13-16,23,25,27-29,39H,1-2,12,17-22H2,3-9H3/t25-,27+,28+,29?,34-,35?/m1/s1. The van der Waals surface area contributed by atoms with Crippen molar-refractivity contribution >= 4 is 35.2 Å². The number of hydrogen-bond acceptors (Lipinski definition) is 6. The summed E-state index contributed by atoms with van der Waals surface area (Å²) in [7, 11) is 0. The average Bonchev–Trinajstić information content (AvgIpc) is 3.53. The SMILES string of the molecule is C=CCN(C(=O)[C@@H]1[C@H]2C(=O)N([C@@H](CO)CC(C)C)C(C(=O)N(CC=C)C(C)(C)C)C23CC[C@@]1(C)S3)c1ccc(OCC)cc1.